The zero-order valence-electron chi connectivity index (χ0n) is 21.8. The van der Waals surface area contributed by atoms with Crippen molar-refractivity contribution in [2.24, 2.45) is 0 Å². The molecule has 4 aromatic rings. The van der Waals surface area contributed by atoms with Crippen LogP contribution in [-0.2, 0) is 17.3 Å². The highest BCUT2D eigenvalue weighted by molar-refractivity contribution is 6.31. The Morgan fingerprint density at radius 3 is 2.54 bits per heavy atom. The molecule has 10 nitrogen and oxygen atoms in total. The summed E-state index contributed by atoms with van der Waals surface area (Å²) < 4.78 is 44.7. The number of aromatic nitrogens is 4. The van der Waals surface area contributed by atoms with Gasteiger partial charge >= 0.3 is 12.2 Å². The molecule has 1 aliphatic rings. The third kappa shape index (κ3) is 7.24. The lowest BCUT2D eigenvalue weighted by atomic mass is 10.0. The molecular formula is C27H26ClF3N8O2. The van der Waals surface area contributed by atoms with Crippen LogP contribution in [0.3, 0.4) is 0 Å². The predicted octanol–water partition coefficient (Wildman–Crippen LogP) is 6.00. The summed E-state index contributed by atoms with van der Waals surface area (Å²) in [6, 6.07) is 11.5. The van der Waals surface area contributed by atoms with Crippen molar-refractivity contribution < 1.29 is 22.7 Å². The molecule has 1 fully saturated rings. The Morgan fingerprint density at radius 1 is 1.07 bits per heavy atom. The average molecular weight is 587 g/mol. The third-order valence-electron chi connectivity index (χ3n) is 6.35. The molecule has 14 heteroatoms. The van der Waals surface area contributed by atoms with Gasteiger partial charge in [-0.15, -0.1) is 0 Å². The van der Waals surface area contributed by atoms with E-state index < -0.39 is 22.8 Å². The summed E-state index contributed by atoms with van der Waals surface area (Å²) >= 11 is 5.64. The lowest BCUT2D eigenvalue weighted by Gasteiger charge is -2.26. The zero-order valence-corrected chi connectivity index (χ0v) is 22.6. The number of nitrogens with zero attached hydrogens (tertiary/aromatic N) is 4. The van der Waals surface area contributed by atoms with Gasteiger partial charge in [0.15, 0.2) is 5.82 Å². The van der Waals surface area contributed by atoms with Crippen LogP contribution in [0.4, 0.5) is 46.8 Å². The van der Waals surface area contributed by atoms with Crippen molar-refractivity contribution in [3.8, 4) is 0 Å². The first-order valence-electron chi connectivity index (χ1n) is 12.7. The molecule has 4 N–H and O–H groups in total. The lowest BCUT2D eigenvalue weighted by molar-refractivity contribution is -0.137. The van der Waals surface area contributed by atoms with Crippen LogP contribution in [0, 0.1) is 6.92 Å². The summed E-state index contributed by atoms with van der Waals surface area (Å²) in [7, 11) is 0. The van der Waals surface area contributed by atoms with Crippen LogP contribution in [0.25, 0.3) is 0 Å². The van der Waals surface area contributed by atoms with Gasteiger partial charge in [0.2, 0.25) is 0 Å². The first-order valence-corrected chi connectivity index (χ1v) is 13.0. The number of morpholine rings is 1. The van der Waals surface area contributed by atoms with Gasteiger partial charge in [0.05, 0.1) is 23.8 Å². The largest absolute Gasteiger partial charge is 0.417 e. The number of carbonyl (C=O) groups excluding carboxylic acids is 1. The fourth-order valence-corrected chi connectivity index (χ4v) is 4.50. The van der Waals surface area contributed by atoms with Crippen LogP contribution in [0.15, 0.2) is 54.7 Å². The van der Waals surface area contributed by atoms with Gasteiger partial charge in [0.25, 0.3) is 0 Å². The number of hydrogen-bond acceptors (Lipinski definition) is 7. The first kappa shape index (κ1) is 28.2. The molecule has 2 aromatic carbocycles. The van der Waals surface area contributed by atoms with Crippen LogP contribution in [0.2, 0.25) is 5.02 Å². The number of nitrogens with one attached hydrogen (secondary N) is 4. The summed E-state index contributed by atoms with van der Waals surface area (Å²) in [4.78, 5) is 23.5. The van der Waals surface area contributed by atoms with E-state index in [0.29, 0.717) is 42.8 Å². The number of hydrogen-bond donors (Lipinski definition) is 4. The van der Waals surface area contributed by atoms with Crippen LogP contribution in [0.5, 0.6) is 0 Å². The van der Waals surface area contributed by atoms with E-state index in [2.05, 4.69) is 41.0 Å². The van der Waals surface area contributed by atoms with Gasteiger partial charge in [-0.1, -0.05) is 17.7 Å². The third-order valence-corrected chi connectivity index (χ3v) is 6.68. The number of anilines is 5. The first-order chi connectivity index (χ1) is 19.6. The molecular weight excluding hydrogens is 561 g/mol. The Morgan fingerprint density at radius 2 is 1.80 bits per heavy atom. The van der Waals surface area contributed by atoms with Crippen LogP contribution in [0.1, 0.15) is 22.5 Å². The van der Waals surface area contributed by atoms with E-state index >= 15 is 0 Å². The van der Waals surface area contributed by atoms with Crippen molar-refractivity contribution in [3.63, 3.8) is 0 Å². The summed E-state index contributed by atoms with van der Waals surface area (Å²) in [5.74, 6) is 2.74. The molecule has 5 rings (SSSR count). The number of aryl methyl sites for hydroxylation is 1. The molecule has 3 heterocycles. The fourth-order valence-electron chi connectivity index (χ4n) is 4.28. The summed E-state index contributed by atoms with van der Waals surface area (Å²) in [5, 5.41) is 15.1. The Hall–Kier alpha value is -4.36. The Labute approximate surface area is 238 Å². The highest BCUT2D eigenvalue weighted by atomic mass is 35.5. The molecule has 0 unspecified atom stereocenters. The Bertz CT molecular complexity index is 1540. The monoisotopic (exact) mass is 586 g/mol. The van der Waals surface area contributed by atoms with E-state index in [0.717, 1.165) is 42.2 Å². The smallest absolute Gasteiger partial charge is 0.378 e. The molecule has 0 spiro atoms. The summed E-state index contributed by atoms with van der Waals surface area (Å²) in [6.45, 7) is 4.79. The molecule has 41 heavy (non-hydrogen) atoms. The number of carbonyl (C=O) groups is 1. The minimum absolute atomic E-state index is 0.0364. The Balaban J connectivity index is 1.19. The van der Waals surface area contributed by atoms with Crippen molar-refractivity contribution in [2.75, 3.05) is 47.2 Å². The van der Waals surface area contributed by atoms with Gasteiger partial charge in [0, 0.05) is 43.1 Å². The molecule has 0 atom stereocenters. The number of rotatable bonds is 7. The molecule has 0 saturated carbocycles. The molecule has 1 aliphatic heterocycles. The number of halogens is 4. The van der Waals surface area contributed by atoms with Crippen LogP contribution >= 0.6 is 11.6 Å². The topological polar surface area (TPSA) is 120 Å². The zero-order chi connectivity index (χ0) is 29.0. The number of urea groups is 1. The predicted molar refractivity (Wildman–Crippen MR) is 150 cm³/mol. The molecule has 0 bridgehead atoms. The molecule has 2 amide bonds. The van der Waals surface area contributed by atoms with Crippen molar-refractivity contribution >= 4 is 46.5 Å². The van der Waals surface area contributed by atoms with Gasteiger partial charge in [0.1, 0.15) is 17.5 Å². The van der Waals surface area contributed by atoms with Gasteiger partial charge in [-0.3, -0.25) is 5.10 Å². The maximum absolute atomic E-state index is 13.1. The number of ether oxygens (including phenoxy) is 1. The molecule has 2 aromatic heterocycles. The minimum atomic E-state index is -4.64. The fraction of sp³-hybridized carbons (Fsp3) is 0.259. The average Bonchev–Trinajstić information content (AvgIpc) is 3.40. The van der Waals surface area contributed by atoms with Gasteiger partial charge < -0.3 is 25.6 Å². The van der Waals surface area contributed by atoms with E-state index in [4.69, 9.17) is 16.3 Å². The summed E-state index contributed by atoms with van der Waals surface area (Å²) in [5.41, 5.74) is 1.23. The van der Waals surface area contributed by atoms with Crippen LogP contribution in [-0.4, -0.2) is 52.5 Å². The molecule has 0 radical (unpaired) electrons. The number of amides is 2. The van der Waals surface area contributed by atoms with E-state index in [9.17, 15) is 18.0 Å². The Kier molecular flexibility index (Phi) is 8.26. The van der Waals surface area contributed by atoms with Crippen molar-refractivity contribution in [1.29, 1.82) is 0 Å². The maximum atomic E-state index is 13.1. The number of benzene rings is 2. The van der Waals surface area contributed by atoms with Crippen molar-refractivity contribution in [3.05, 3.63) is 82.3 Å². The number of aromatic amines is 1. The minimum Gasteiger partial charge on any atom is -0.378 e. The normalized spacial score (nSPS) is 13.6. The maximum Gasteiger partial charge on any atom is 0.417 e. The molecule has 1 saturated heterocycles. The van der Waals surface area contributed by atoms with E-state index in [1.54, 1.807) is 24.4 Å². The van der Waals surface area contributed by atoms with Gasteiger partial charge in [-0.25, -0.2) is 14.8 Å². The van der Waals surface area contributed by atoms with Crippen LogP contribution < -0.4 is 20.9 Å². The molecule has 0 aliphatic carbocycles. The van der Waals surface area contributed by atoms with Crippen molar-refractivity contribution in [1.82, 2.24) is 20.2 Å². The van der Waals surface area contributed by atoms with E-state index in [1.165, 1.54) is 6.07 Å². The van der Waals surface area contributed by atoms with Gasteiger partial charge in [-0.2, -0.15) is 18.3 Å². The second-order valence-electron chi connectivity index (χ2n) is 9.31. The quantitative estimate of drug-likeness (QED) is 0.210. The van der Waals surface area contributed by atoms with Gasteiger partial charge in [-0.05, 0) is 54.4 Å². The van der Waals surface area contributed by atoms with Crippen molar-refractivity contribution in [2.45, 2.75) is 19.5 Å². The standard InChI is InChI=1S/C27H26ClF3N8O2/c1-16-12-18(33-26(40)34-19-4-5-21(28)20(14-19)27(29,30)31)3-2-17(16)13-23-32-7-6-22(35-23)36-24-15-25(38-37-24)39-8-10-41-11-9-39/h2-7,12,14-15H,8-11,13H2,1H3,(H2,33,34,40)(H2,32,35,36,37,38). The molecule has 214 valence electrons. The van der Waals surface area contributed by atoms with E-state index in [1.807, 2.05) is 19.1 Å². The SMILES string of the molecule is Cc1cc(NC(=O)Nc2ccc(Cl)c(C(F)(F)F)c2)ccc1Cc1nccc(Nc2cc(N3CCOCC3)n[nH]2)n1. The van der Waals surface area contributed by atoms with E-state index in [-0.39, 0.29) is 5.69 Å². The second-order valence-corrected chi connectivity index (χ2v) is 9.72. The second kappa shape index (κ2) is 12.0. The highest BCUT2D eigenvalue weighted by Crippen LogP contribution is 2.36. The highest BCUT2D eigenvalue weighted by Gasteiger charge is 2.33. The lowest BCUT2D eigenvalue weighted by Crippen LogP contribution is -2.36. The summed E-state index contributed by atoms with van der Waals surface area (Å²) in [6.07, 6.45) is -2.52. The number of alkyl halides is 3. The number of H-pyrrole nitrogens is 1.